The molecule has 0 atom stereocenters. The molecule has 0 aromatic heterocycles. The van der Waals surface area contributed by atoms with E-state index in [9.17, 15) is 0 Å². The second-order valence-electron chi connectivity index (χ2n) is 6.45. The highest BCUT2D eigenvalue weighted by molar-refractivity contribution is 8.76. The van der Waals surface area contributed by atoms with Gasteiger partial charge in [0.25, 0.3) is 0 Å². The second kappa shape index (κ2) is 16.9. The van der Waals surface area contributed by atoms with E-state index in [-0.39, 0.29) is 10.8 Å². The molecule has 0 bridgehead atoms. The molecule has 158 valence electrons. The Morgan fingerprint density at radius 3 is 1.04 bits per heavy atom. The number of ether oxygens (including phenoxy) is 4. The fourth-order valence-electron chi connectivity index (χ4n) is 2.28. The number of hydrogen-bond acceptors (Lipinski definition) is 6. The second-order valence-corrected chi connectivity index (χ2v) is 12.5. The first-order chi connectivity index (χ1) is 12.6. The monoisotopic (exact) mass is 442 g/mol. The fraction of sp³-hybridized carbons (Fsp3) is 1.00. The van der Waals surface area contributed by atoms with Crippen LogP contribution in [0.25, 0.3) is 0 Å². The van der Waals surface area contributed by atoms with Crippen LogP contribution < -0.4 is 0 Å². The maximum absolute atomic E-state index is 6.17. The van der Waals surface area contributed by atoms with E-state index < -0.39 is 19.0 Å². The third kappa shape index (κ3) is 11.1. The van der Waals surface area contributed by atoms with Crippen molar-refractivity contribution in [3.63, 3.8) is 0 Å². The molecule has 0 saturated carbocycles. The van der Waals surface area contributed by atoms with Gasteiger partial charge >= 0.3 is 0 Å². The predicted molar refractivity (Wildman–Crippen MR) is 124 cm³/mol. The van der Waals surface area contributed by atoms with Crippen molar-refractivity contribution in [2.45, 2.75) is 77.3 Å². The van der Waals surface area contributed by atoms with Crippen LogP contribution in [0.1, 0.15) is 53.4 Å². The van der Waals surface area contributed by atoms with Gasteiger partial charge in [-0.3, -0.25) is 0 Å². The molecule has 0 aromatic carbocycles. The van der Waals surface area contributed by atoms with Crippen molar-refractivity contribution in [1.82, 2.24) is 0 Å². The fourth-order valence-corrected chi connectivity index (χ4v) is 9.24. The standard InChI is InChI=1S/C18H42O4S2Si2/c1-7-11-19-17(25-5,20-12-8-2)15-23-24-16-18(26-6,21-13-9-3)22-14-10-4/h7-16,25-26H2,1-6H3. The van der Waals surface area contributed by atoms with E-state index in [0.717, 1.165) is 63.6 Å². The molecule has 0 amide bonds. The first-order valence-corrected chi connectivity index (χ1v) is 17.1. The van der Waals surface area contributed by atoms with Crippen molar-refractivity contribution in [2.24, 2.45) is 0 Å². The lowest BCUT2D eigenvalue weighted by Gasteiger charge is -2.34. The SMILES string of the molecule is CCCOC(CSSCC(OCCC)(OCCC)[SiH2]C)(OCCC)[SiH2]C. The lowest BCUT2D eigenvalue weighted by Crippen LogP contribution is -2.45. The molecule has 0 rings (SSSR count). The molecule has 0 fully saturated rings. The third-order valence-electron chi connectivity index (χ3n) is 4.00. The van der Waals surface area contributed by atoms with Gasteiger partial charge in [0.2, 0.25) is 0 Å². The van der Waals surface area contributed by atoms with Crippen LogP contribution in [-0.2, 0) is 18.9 Å². The van der Waals surface area contributed by atoms with Gasteiger partial charge in [0.15, 0.2) is 10.8 Å². The van der Waals surface area contributed by atoms with E-state index in [1.807, 2.05) is 21.6 Å². The summed E-state index contributed by atoms with van der Waals surface area (Å²) in [5, 5.41) is 0. The van der Waals surface area contributed by atoms with Crippen LogP contribution in [0.3, 0.4) is 0 Å². The predicted octanol–water partition coefficient (Wildman–Crippen LogP) is 3.82. The van der Waals surface area contributed by atoms with Crippen LogP contribution in [-0.4, -0.2) is 67.8 Å². The largest absolute Gasteiger partial charge is 0.354 e. The molecule has 0 radical (unpaired) electrons. The van der Waals surface area contributed by atoms with Crippen molar-refractivity contribution in [2.75, 3.05) is 37.9 Å². The summed E-state index contributed by atoms with van der Waals surface area (Å²) in [4.78, 5) is 0. The van der Waals surface area contributed by atoms with Crippen molar-refractivity contribution in [3.8, 4) is 0 Å². The van der Waals surface area contributed by atoms with Crippen LogP contribution in [0.2, 0.25) is 13.1 Å². The van der Waals surface area contributed by atoms with E-state index in [0.29, 0.717) is 0 Å². The Labute approximate surface area is 174 Å². The minimum atomic E-state index is -0.446. The van der Waals surface area contributed by atoms with Gasteiger partial charge in [0.1, 0.15) is 0 Å². The summed E-state index contributed by atoms with van der Waals surface area (Å²) in [6, 6.07) is 0. The smallest absolute Gasteiger partial charge is 0.154 e. The Balaban J connectivity index is 4.66. The van der Waals surface area contributed by atoms with Crippen LogP contribution in [0, 0.1) is 0 Å². The minimum absolute atomic E-state index is 0.329. The minimum Gasteiger partial charge on any atom is -0.354 e. The van der Waals surface area contributed by atoms with E-state index in [4.69, 9.17) is 18.9 Å². The molecule has 0 spiro atoms. The van der Waals surface area contributed by atoms with E-state index in [1.165, 1.54) is 0 Å². The maximum atomic E-state index is 6.17. The molecular formula is C18H42O4S2Si2. The maximum Gasteiger partial charge on any atom is 0.154 e. The average Bonchev–Trinajstić information content (AvgIpc) is 2.68. The zero-order chi connectivity index (χ0) is 19.7. The summed E-state index contributed by atoms with van der Waals surface area (Å²) in [5.74, 6) is 1.78. The van der Waals surface area contributed by atoms with E-state index in [2.05, 4.69) is 40.8 Å². The Morgan fingerprint density at radius 1 is 0.577 bits per heavy atom. The number of rotatable bonds is 19. The van der Waals surface area contributed by atoms with Crippen molar-refractivity contribution in [1.29, 1.82) is 0 Å². The average molecular weight is 443 g/mol. The topological polar surface area (TPSA) is 36.9 Å². The van der Waals surface area contributed by atoms with Crippen LogP contribution >= 0.6 is 21.6 Å². The zero-order valence-corrected chi connectivity index (χ0v) is 22.4. The molecular weight excluding hydrogens is 401 g/mol. The molecule has 0 aliphatic rings. The Kier molecular flexibility index (Phi) is 17.5. The Morgan fingerprint density at radius 2 is 0.846 bits per heavy atom. The van der Waals surface area contributed by atoms with Gasteiger partial charge < -0.3 is 18.9 Å². The van der Waals surface area contributed by atoms with Crippen LogP contribution in [0.5, 0.6) is 0 Å². The van der Waals surface area contributed by atoms with Crippen LogP contribution in [0.15, 0.2) is 0 Å². The quantitative estimate of drug-likeness (QED) is 0.131. The number of hydrogen-bond donors (Lipinski definition) is 0. The molecule has 4 nitrogen and oxygen atoms in total. The highest BCUT2D eigenvalue weighted by Crippen LogP contribution is 2.32. The van der Waals surface area contributed by atoms with Gasteiger partial charge in [0, 0.05) is 26.4 Å². The van der Waals surface area contributed by atoms with Gasteiger partial charge in [0.05, 0.1) is 30.5 Å². The zero-order valence-electron chi connectivity index (χ0n) is 17.9. The molecule has 0 aliphatic carbocycles. The van der Waals surface area contributed by atoms with Crippen molar-refractivity contribution in [3.05, 3.63) is 0 Å². The lowest BCUT2D eigenvalue weighted by molar-refractivity contribution is -0.165. The summed E-state index contributed by atoms with van der Waals surface area (Å²) in [7, 11) is 2.82. The Hall–Kier alpha value is 0.974. The third-order valence-corrected chi connectivity index (χ3v) is 10.7. The normalized spacial score (nSPS) is 13.6. The molecule has 0 saturated heterocycles. The molecule has 0 aliphatic heterocycles. The highest BCUT2D eigenvalue weighted by atomic mass is 33.1. The summed E-state index contributed by atoms with van der Waals surface area (Å²) in [5.41, 5.74) is -0.658. The lowest BCUT2D eigenvalue weighted by atomic mass is 10.5. The van der Waals surface area contributed by atoms with Gasteiger partial charge in [-0.15, -0.1) is 0 Å². The van der Waals surface area contributed by atoms with Crippen molar-refractivity contribution >= 4 is 40.6 Å². The van der Waals surface area contributed by atoms with Gasteiger partial charge in [-0.05, 0) is 25.7 Å². The summed E-state index contributed by atoms with van der Waals surface area (Å²) >= 11 is 0. The van der Waals surface area contributed by atoms with Gasteiger partial charge in [-0.1, -0.05) is 62.4 Å². The molecule has 26 heavy (non-hydrogen) atoms. The summed E-state index contributed by atoms with van der Waals surface area (Å²) < 4.78 is 24.7. The van der Waals surface area contributed by atoms with Crippen LogP contribution in [0.4, 0.5) is 0 Å². The van der Waals surface area contributed by atoms with E-state index in [1.54, 1.807) is 0 Å². The molecule has 0 heterocycles. The summed E-state index contributed by atoms with van der Waals surface area (Å²) in [6.07, 6.45) is 4.13. The molecule has 0 unspecified atom stereocenters. The van der Waals surface area contributed by atoms with Gasteiger partial charge in [-0.25, -0.2) is 0 Å². The molecule has 0 N–H and O–H groups in total. The first kappa shape index (κ1) is 27.0. The highest BCUT2D eigenvalue weighted by Gasteiger charge is 2.33. The molecule has 0 aromatic rings. The van der Waals surface area contributed by atoms with Gasteiger partial charge in [-0.2, -0.15) is 0 Å². The Bertz CT molecular complexity index is 280. The summed E-state index contributed by atoms with van der Waals surface area (Å²) in [6.45, 7) is 16.3. The van der Waals surface area contributed by atoms with E-state index >= 15 is 0 Å². The first-order valence-electron chi connectivity index (χ1n) is 10.4. The molecule has 8 heteroatoms. The van der Waals surface area contributed by atoms with Crippen molar-refractivity contribution < 1.29 is 18.9 Å².